The molecule has 0 spiro atoms. The molecule has 0 atom stereocenters. The Morgan fingerprint density at radius 1 is 0.438 bits per heavy atom. The first kappa shape index (κ1) is 43.0. The van der Waals surface area contributed by atoms with Gasteiger partial charge in [-0.3, -0.25) is 0 Å². The summed E-state index contributed by atoms with van der Waals surface area (Å²) in [6, 6.07) is 0. The van der Waals surface area contributed by atoms with E-state index in [0.717, 1.165) is 0 Å². The molecule has 0 aliphatic rings. The normalized spacial score (nSPS) is 10.4. The number of unbranched alkanes of at least 4 members (excludes halogenated alkanes) is 15. The molecule has 0 aromatic rings. The Balaban J connectivity index is -0.000000167. The van der Waals surface area contributed by atoms with E-state index in [1.54, 1.807) is 0 Å². The van der Waals surface area contributed by atoms with Crippen LogP contribution in [0.15, 0.2) is 0 Å². The summed E-state index contributed by atoms with van der Waals surface area (Å²) in [4.78, 5) is 25.6. The molecule has 0 saturated heterocycles. The second-order valence-electron chi connectivity index (χ2n) is 8.31. The van der Waals surface area contributed by atoms with Crippen molar-refractivity contribution >= 4 is 115 Å². The molecule has 32 heavy (non-hydrogen) atoms. The minimum Gasteiger partial charge on any atom is -0.822 e. The summed E-state index contributed by atoms with van der Waals surface area (Å²) in [6.07, 6.45) is 26.2. The Kier molecular flexibility index (Phi) is 56.4. The molecule has 4 nitrogen and oxygen atoms in total. The molecule has 0 bridgehead atoms. The van der Waals surface area contributed by atoms with E-state index in [4.69, 9.17) is 19.2 Å². The Labute approximate surface area is 273 Å². The fourth-order valence-electron chi connectivity index (χ4n) is 2.87. The van der Waals surface area contributed by atoms with Crippen LogP contribution >= 0.6 is 7.82 Å². The number of phosphoric acid groups is 1. The first-order valence-electron chi connectivity index (χ1n) is 13.4. The molecule has 0 saturated carbocycles. The smallest absolute Gasteiger partial charge is 0.159 e. The van der Waals surface area contributed by atoms with E-state index in [9.17, 15) is 0 Å². The van der Waals surface area contributed by atoms with Gasteiger partial charge in [-0.2, -0.15) is 7.82 Å². The van der Waals surface area contributed by atoms with E-state index in [0.29, 0.717) is 0 Å². The molecule has 0 fully saturated rings. The molecule has 0 radical (unpaired) electrons. The van der Waals surface area contributed by atoms with Crippen LogP contribution in [0.4, 0.5) is 0 Å². The summed E-state index contributed by atoms with van der Waals surface area (Å²) in [6.45, 7) is 6.81. The van der Waals surface area contributed by atoms with Crippen molar-refractivity contribution in [2.75, 3.05) is 0 Å². The van der Waals surface area contributed by atoms with Crippen LogP contribution in [0, 0.1) is 0 Å². The summed E-state index contributed by atoms with van der Waals surface area (Å²) in [5.41, 5.74) is 0. The maximum Gasteiger partial charge on any atom is -0.159 e. The van der Waals surface area contributed by atoms with Gasteiger partial charge in [0, 0.05) is 0 Å². The van der Waals surface area contributed by atoms with Gasteiger partial charge >= 0.3 is 251 Å². The average molecular weight is 555 g/mol. The SMILES string of the molecule is CCCCCCC[CH2][Ca+].CCCCCCC[CH2][Ca+].CCCCCCC[CH2][Ca+].O=P([O-])([O-])[O-]. The van der Waals surface area contributed by atoms with Gasteiger partial charge in [0.2, 0.25) is 0 Å². The van der Waals surface area contributed by atoms with Gasteiger partial charge in [-0.25, -0.2) is 0 Å². The monoisotopic (exact) mass is 554 g/mol. The quantitative estimate of drug-likeness (QED) is 0.119. The fraction of sp³-hybridized carbons (Fsp3) is 1.00. The van der Waals surface area contributed by atoms with Crippen molar-refractivity contribution in [2.24, 2.45) is 0 Å². The minimum absolute atomic E-state index is 1.38. The van der Waals surface area contributed by atoms with Gasteiger partial charge in [0.05, 0.1) is 0 Å². The van der Waals surface area contributed by atoms with Crippen molar-refractivity contribution in [1.29, 1.82) is 0 Å². The molecule has 0 aliphatic heterocycles. The zero-order chi connectivity index (χ0) is 25.3. The molecule has 0 heterocycles. The molecule has 0 rings (SSSR count). The van der Waals surface area contributed by atoms with Crippen LogP contribution in [0.25, 0.3) is 0 Å². The second-order valence-corrected chi connectivity index (χ2v) is 12.5. The van der Waals surface area contributed by atoms with Crippen LogP contribution < -0.4 is 14.7 Å². The molecule has 0 N–H and O–H groups in total. The van der Waals surface area contributed by atoms with Gasteiger partial charge in [-0.15, -0.1) is 0 Å². The summed E-state index contributed by atoms with van der Waals surface area (Å²) < 4.78 is 13.0. The molecule has 0 aromatic heterocycles. The van der Waals surface area contributed by atoms with Crippen molar-refractivity contribution < 1.29 is 19.2 Å². The third-order valence-electron chi connectivity index (χ3n) is 4.81. The summed E-state index contributed by atoms with van der Waals surface area (Å²) in [5.74, 6) is 0. The topological polar surface area (TPSA) is 86.2 Å². The van der Waals surface area contributed by atoms with E-state index in [1.807, 2.05) is 0 Å². The van der Waals surface area contributed by atoms with Crippen molar-refractivity contribution in [3.63, 3.8) is 0 Å². The van der Waals surface area contributed by atoms with Gasteiger partial charge in [-0.05, 0) is 0 Å². The van der Waals surface area contributed by atoms with Crippen molar-refractivity contribution in [2.45, 2.75) is 144 Å². The molecule has 0 unspecified atom stereocenters. The molecule has 182 valence electrons. The summed E-state index contributed by atoms with van der Waals surface area (Å²) >= 11 is 4.48. The Morgan fingerprint density at radius 2 is 0.594 bits per heavy atom. The van der Waals surface area contributed by atoms with Crippen molar-refractivity contribution in [1.82, 2.24) is 0 Å². The van der Waals surface area contributed by atoms with Crippen molar-refractivity contribution in [3.05, 3.63) is 0 Å². The van der Waals surface area contributed by atoms with E-state index in [-0.39, 0.29) is 0 Å². The number of hydrogen-bond acceptors (Lipinski definition) is 4. The van der Waals surface area contributed by atoms with E-state index in [2.05, 4.69) is 20.8 Å². The molecule has 8 heteroatoms. The number of rotatable bonds is 18. The van der Waals surface area contributed by atoms with E-state index < -0.39 is 7.82 Å². The zero-order valence-electron chi connectivity index (χ0n) is 22.1. The third-order valence-corrected chi connectivity index (χ3v) is 7.15. The Hall–Kier alpha value is 3.89. The second kappa shape index (κ2) is 42.0. The van der Waals surface area contributed by atoms with Crippen LogP contribution in [-0.2, 0) is 4.57 Å². The zero-order valence-corrected chi connectivity index (χ0v) is 29.6. The largest absolute Gasteiger partial charge is 0.822 e. The van der Waals surface area contributed by atoms with Crippen LogP contribution in [0.3, 0.4) is 0 Å². The third kappa shape index (κ3) is 76.5. The minimum atomic E-state index is -5.39. The van der Waals surface area contributed by atoms with E-state index >= 15 is 0 Å². The summed E-state index contributed by atoms with van der Waals surface area (Å²) in [7, 11) is -5.39. The number of hydrogen-bond donors (Lipinski definition) is 0. The molecule has 0 aromatic carbocycles. The molecular weight excluding hydrogens is 503 g/mol. The molecular formula is C24H51Ca3O4P. The van der Waals surface area contributed by atoms with Crippen LogP contribution in [0.5, 0.6) is 0 Å². The van der Waals surface area contributed by atoms with Gasteiger partial charge in [0.1, 0.15) is 0 Å². The fourth-order valence-corrected chi connectivity index (χ4v) is 4.53. The summed E-state index contributed by atoms with van der Waals surface area (Å²) in [5, 5.41) is 0. The maximum atomic E-state index is 8.55. The van der Waals surface area contributed by atoms with Gasteiger partial charge in [0.25, 0.3) is 0 Å². The average Bonchev–Trinajstić information content (AvgIpc) is 2.73. The van der Waals surface area contributed by atoms with Crippen LogP contribution in [-0.4, -0.2) is 107 Å². The molecule has 0 aliphatic carbocycles. The first-order chi connectivity index (χ1) is 15.2. The van der Waals surface area contributed by atoms with E-state index in [1.165, 1.54) is 230 Å². The predicted octanol–water partition coefficient (Wildman–Crippen LogP) is 5.98. The Morgan fingerprint density at radius 3 is 0.750 bits per heavy atom. The maximum absolute atomic E-state index is 8.55. The predicted molar refractivity (Wildman–Crippen MR) is 139 cm³/mol. The van der Waals surface area contributed by atoms with Gasteiger partial charge < -0.3 is 19.2 Å². The van der Waals surface area contributed by atoms with Gasteiger partial charge in [0.15, 0.2) is 0 Å². The molecule has 0 amide bonds. The standard InChI is InChI=1S/3C8H17.3Ca.H3O4P/c3*1-3-5-7-8-6-4-2;;;;1-5(2,3)4/h3*1,3-8H2,2H3;;;;(H3,1,2,3,4)/q;;;3*+1;/p-3. The van der Waals surface area contributed by atoms with Gasteiger partial charge in [-0.1, -0.05) is 0 Å². The van der Waals surface area contributed by atoms with Crippen molar-refractivity contribution in [3.8, 4) is 0 Å². The van der Waals surface area contributed by atoms with Crippen LogP contribution in [0.1, 0.15) is 136 Å². The first-order valence-corrected chi connectivity index (χ1v) is 19.5. The Bertz CT molecular complexity index is 273. The van der Waals surface area contributed by atoms with Crippen LogP contribution in [0.2, 0.25) is 7.55 Å².